The molecule has 0 aliphatic heterocycles. The van der Waals surface area contributed by atoms with Crippen LogP contribution in [0, 0.1) is 0 Å². The van der Waals surface area contributed by atoms with Gasteiger partial charge in [-0.25, -0.2) is 0 Å². The summed E-state index contributed by atoms with van der Waals surface area (Å²) >= 11 is 0. The van der Waals surface area contributed by atoms with Crippen molar-refractivity contribution in [2.45, 2.75) is 32.6 Å². The van der Waals surface area contributed by atoms with Gasteiger partial charge in [-0.15, -0.1) is 0 Å². The summed E-state index contributed by atoms with van der Waals surface area (Å²) in [6, 6.07) is 5.09. The van der Waals surface area contributed by atoms with Gasteiger partial charge in [-0.1, -0.05) is 26.2 Å². The minimum absolute atomic E-state index is 0.150. The highest BCUT2D eigenvalue weighted by molar-refractivity contribution is 5.95. The van der Waals surface area contributed by atoms with Crippen molar-refractivity contribution in [3.8, 4) is 5.75 Å². The number of nitrogen functional groups attached to an aromatic ring is 1. The van der Waals surface area contributed by atoms with Gasteiger partial charge in [0.2, 0.25) is 0 Å². The highest BCUT2D eigenvalue weighted by Crippen LogP contribution is 2.23. The molecule has 0 heterocycles. The minimum atomic E-state index is -0.150. The highest BCUT2D eigenvalue weighted by Gasteiger charge is 2.09. The molecule has 118 valence electrons. The largest absolute Gasteiger partial charge is 0.491 e. The topological polar surface area (TPSA) is 73.6 Å². The molecule has 1 rings (SSSR count). The predicted molar refractivity (Wildman–Crippen MR) is 84.7 cm³/mol. The van der Waals surface area contributed by atoms with Crippen molar-refractivity contribution in [3.05, 3.63) is 23.8 Å². The van der Waals surface area contributed by atoms with E-state index in [2.05, 4.69) is 12.2 Å². The monoisotopic (exact) mass is 294 g/mol. The second-order valence-corrected chi connectivity index (χ2v) is 4.91. The number of hydrogen-bond donors (Lipinski definition) is 2. The molecule has 0 spiro atoms. The van der Waals surface area contributed by atoms with Crippen molar-refractivity contribution >= 4 is 11.6 Å². The third-order valence-corrected chi connectivity index (χ3v) is 3.12. The van der Waals surface area contributed by atoms with Crippen LogP contribution < -0.4 is 15.8 Å². The lowest BCUT2D eigenvalue weighted by atomic mass is 10.1. The number of carbonyl (C=O) groups excluding carboxylic acids is 1. The Morgan fingerprint density at radius 3 is 2.76 bits per heavy atom. The fraction of sp³-hybridized carbons (Fsp3) is 0.562. The minimum Gasteiger partial charge on any atom is -0.491 e. The smallest absolute Gasteiger partial charge is 0.251 e. The van der Waals surface area contributed by atoms with Crippen molar-refractivity contribution in [2.24, 2.45) is 0 Å². The first-order valence-corrected chi connectivity index (χ1v) is 7.48. The molecule has 1 amide bonds. The van der Waals surface area contributed by atoms with Crippen LogP contribution in [0.2, 0.25) is 0 Å². The maximum absolute atomic E-state index is 11.9. The Bertz CT molecular complexity index is 436. The number of unbranched alkanes of at least 4 members (excludes halogenated alkanes) is 3. The van der Waals surface area contributed by atoms with Gasteiger partial charge < -0.3 is 20.5 Å². The van der Waals surface area contributed by atoms with Gasteiger partial charge in [0.15, 0.2) is 0 Å². The van der Waals surface area contributed by atoms with Crippen LogP contribution in [0.1, 0.15) is 43.0 Å². The number of rotatable bonds is 10. The lowest BCUT2D eigenvalue weighted by Gasteiger charge is -2.11. The van der Waals surface area contributed by atoms with Gasteiger partial charge in [-0.2, -0.15) is 0 Å². The number of hydrogen-bond acceptors (Lipinski definition) is 4. The van der Waals surface area contributed by atoms with Crippen LogP contribution in [-0.2, 0) is 4.74 Å². The molecule has 0 aliphatic carbocycles. The van der Waals surface area contributed by atoms with Crippen molar-refractivity contribution < 1.29 is 14.3 Å². The summed E-state index contributed by atoms with van der Waals surface area (Å²) in [5.74, 6) is 0.425. The highest BCUT2D eigenvalue weighted by atomic mass is 16.5. The van der Waals surface area contributed by atoms with Crippen molar-refractivity contribution in [1.29, 1.82) is 0 Å². The average molecular weight is 294 g/mol. The Kier molecular flexibility index (Phi) is 8.28. The zero-order chi connectivity index (χ0) is 15.5. The molecule has 1 aromatic carbocycles. The van der Waals surface area contributed by atoms with Gasteiger partial charge in [0.25, 0.3) is 5.91 Å². The van der Waals surface area contributed by atoms with E-state index in [1.807, 2.05) is 0 Å². The van der Waals surface area contributed by atoms with E-state index in [4.69, 9.17) is 15.2 Å². The molecular formula is C16H26N2O3. The van der Waals surface area contributed by atoms with Crippen LogP contribution in [0.5, 0.6) is 5.75 Å². The molecule has 0 atom stereocenters. The summed E-state index contributed by atoms with van der Waals surface area (Å²) in [5.41, 5.74) is 6.98. The molecular weight excluding hydrogens is 268 g/mol. The van der Waals surface area contributed by atoms with Crippen LogP contribution in [0.15, 0.2) is 18.2 Å². The summed E-state index contributed by atoms with van der Waals surface area (Å²) in [7, 11) is 1.60. The SMILES string of the molecule is CCCCCCOc1cc(C(=O)NCCOC)ccc1N. The molecule has 1 aromatic rings. The number of nitrogens with one attached hydrogen (secondary N) is 1. The molecule has 5 nitrogen and oxygen atoms in total. The van der Waals surface area contributed by atoms with E-state index in [1.54, 1.807) is 25.3 Å². The molecule has 0 aliphatic rings. The van der Waals surface area contributed by atoms with Gasteiger partial charge in [0.1, 0.15) is 5.75 Å². The lowest BCUT2D eigenvalue weighted by Crippen LogP contribution is -2.26. The maximum atomic E-state index is 11.9. The van der Waals surface area contributed by atoms with E-state index in [-0.39, 0.29) is 5.91 Å². The first-order valence-electron chi connectivity index (χ1n) is 7.48. The Morgan fingerprint density at radius 2 is 2.05 bits per heavy atom. The summed E-state index contributed by atoms with van der Waals surface area (Å²) in [6.07, 6.45) is 4.55. The van der Waals surface area contributed by atoms with Gasteiger partial charge >= 0.3 is 0 Å². The van der Waals surface area contributed by atoms with Gasteiger partial charge in [-0.05, 0) is 24.6 Å². The van der Waals surface area contributed by atoms with Gasteiger partial charge in [-0.3, -0.25) is 4.79 Å². The Morgan fingerprint density at radius 1 is 1.24 bits per heavy atom. The first-order chi connectivity index (χ1) is 10.2. The second-order valence-electron chi connectivity index (χ2n) is 4.91. The summed E-state index contributed by atoms with van der Waals surface area (Å²) in [4.78, 5) is 11.9. The zero-order valence-electron chi connectivity index (χ0n) is 13.0. The van der Waals surface area contributed by atoms with Crippen LogP contribution in [0.4, 0.5) is 5.69 Å². The van der Waals surface area contributed by atoms with Gasteiger partial charge in [0, 0.05) is 19.2 Å². The molecule has 0 radical (unpaired) electrons. The maximum Gasteiger partial charge on any atom is 0.251 e. The predicted octanol–water partition coefficient (Wildman–Crippen LogP) is 2.60. The van der Waals surface area contributed by atoms with E-state index in [1.165, 1.54) is 12.8 Å². The van der Waals surface area contributed by atoms with Crippen LogP contribution in [0.25, 0.3) is 0 Å². The molecule has 0 bridgehead atoms. The van der Waals surface area contributed by atoms with Crippen molar-refractivity contribution in [2.75, 3.05) is 32.6 Å². The number of anilines is 1. The quantitative estimate of drug-likeness (QED) is 0.514. The standard InChI is InChI=1S/C16H26N2O3/c1-3-4-5-6-10-21-15-12-13(7-8-14(15)17)16(19)18-9-11-20-2/h7-8,12H,3-6,9-11,17H2,1-2H3,(H,18,19). The summed E-state index contributed by atoms with van der Waals surface area (Å²) < 4.78 is 10.6. The van der Waals surface area contributed by atoms with Crippen LogP contribution in [-0.4, -0.2) is 32.8 Å². The van der Waals surface area contributed by atoms with E-state index >= 15 is 0 Å². The normalized spacial score (nSPS) is 10.4. The number of carbonyl (C=O) groups is 1. The fourth-order valence-corrected chi connectivity index (χ4v) is 1.88. The lowest BCUT2D eigenvalue weighted by molar-refractivity contribution is 0.0936. The number of ether oxygens (including phenoxy) is 2. The van der Waals surface area contributed by atoms with E-state index in [9.17, 15) is 4.79 Å². The first kappa shape index (κ1) is 17.3. The number of methoxy groups -OCH3 is 1. The third-order valence-electron chi connectivity index (χ3n) is 3.12. The molecule has 0 unspecified atom stereocenters. The number of nitrogens with two attached hydrogens (primary N) is 1. The number of amides is 1. The number of benzene rings is 1. The van der Waals surface area contributed by atoms with Gasteiger partial charge in [0.05, 0.1) is 18.9 Å². The van der Waals surface area contributed by atoms with E-state index in [0.717, 1.165) is 12.8 Å². The Balaban J connectivity index is 2.52. The molecule has 3 N–H and O–H groups in total. The Hall–Kier alpha value is -1.75. The zero-order valence-corrected chi connectivity index (χ0v) is 13.0. The average Bonchev–Trinajstić information content (AvgIpc) is 2.49. The Labute approximate surface area is 126 Å². The molecule has 5 heteroatoms. The molecule has 0 fully saturated rings. The molecule has 21 heavy (non-hydrogen) atoms. The molecule has 0 saturated heterocycles. The molecule has 0 aromatic heterocycles. The fourth-order valence-electron chi connectivity index (χ4n) is 1.88. The molecule has 0 saturated carbocycles. The van der Waals surface area contributed by atoms with Crippen LogP contribution >= 0.6 is 0 Å². The summed E-state index contributed by atoms with van der Waals surface area (Å²) in [6.45, 7) is 3.76. The summed E-state index contributed by atoms with van der Waals surface area (Å²) in [5, 5.41) is 2.77. The second kappa shape index (κ2) is 10.0. The van der Waals surface area contributed by atoms with Crippen molar-refractivity contribution in [3.63, 3.8) is 0 Å². The third kappa shape index (κ3) is 6.49. The van der Waals surface area contributed by atoms with E-state index < -0.39 is 0 Å². The van der Waals surface area contributed by atoms with Crippen molar-refractivity contribution in [1.82, 2.24) is 5.32 Å². The van der Waals surface area contributed by atoms with Crippen LogP contribution in [0.3, 0.4) is 0 Å². The van der Waals surface area contributed by atoms with E-state index in [0.29, 0.717) is 36.8 Å².